The molecule has 6 rings (SSSR count). The molecule has 9 nitrogen and oxygen atoms in total. The number of aromatic amines is 3. The van der Waals surface area contributed by atoms with E-state index in [1.807, 2.05) is 19.1 Å². The fourth-order valence-corrected chi connectivity index (χ4v) is 8.51. The van der Waals surface area contributed by atoms with Crippen molar-refractivity contribution in [3.8, 4) is 0 Å². The average Bonchev–Trinajstić information content (AvgIpc) is 3.87. The molecule has 1 fully saturated rings. The molecule has 0 radical (unpaired) electrons. The number of fused-ring (bicyclic) bond motifs is 7. The second-order valence-corrected chi connectivity index (χ2v) is 15.6. The number of ketones is 1. The molecule has 3 aliphatic rings. The Bertz CT molecular complexity index is 2230. The predicted octanol–water partition coefficient (Wildman–Crippen LogP) is 7.46. The van der Waals surface area contributed by atoms with Gasteiger partial charge in [-0.1, -0.05) is 52.3 Å². The Hall–Kier alpha value is -5.05. The number of rotatable bonds is 12. The molecule has 286 valence electrons. The number of methoxy groups -OCH3 is 1. The first-order chi connectivity index (χ1) is 25.8. The number of carbonyl (C=O) groups is 3. The summed E-state index contributed by atoms with van der Waals surface area (Å²) in [5, 5.41) is 5.63. The van der Waals surface area contributed by atoms with Crippen LogP contribution >= 0.6 is 0 Å². The molecule has 54 heavy (non-hydrogen) atoms. The Morgan fingerprint density at radius 3 is 2.37 bits per heavy atom. The summed E-state index contributed by atoms with van der Waals surface area (Å²) in [5.41, 5.74) is 12.4. The van der Waals surface area contributed by atoms with Crippen molar-refractivity contribution in [1.29, 1.82) is 0 Å². The number of Topliss-reactive ketones (excluding diaryl/α,β-unsaturated/α-hetero) is 1. The number of carbonyl (C=O) groups excluding carboxylic acids is 3. The minimum atomic E-state index is -1.14. The molecule has 0 spiro atoms. The van der Waals surface area contributed by atoms with Crippen molar-refractivity contribution in [3.63, 3.8) is 0 Å². The Morgan fingerprint density at radius 2 is 1.69 bits per heavy atom. The summed E-state index contributed by atoms with van der Waals surface area (Å²) >= 11 is 0. The van der Waals surface area contributed by atoms with Gasteiger partial charge in [-0.05, 0) is 106 Å². The van der Waals surface area contributed by atoms with Crippen molar-refractivity contribution in [2.45, 2.75) is 93.9 Å². The highest BCUT2D eigenvalue weighted by molar-refractivity contribution is 6.24. The van der Waals surface area contributed by atoms with Crippen LogP contribution in [0.25, 0.3) is 29.9 Å². The molecule has 3 aromatic heterocycles. The molecule has 8 bridgehead atoms. The Labute approximate surface area is 318 Å². The second-order valence-electron chi connectivity index (χ2n) is 15.6. The van der Waals surface area contributed by atoms with Gasteiger partial charge in [0.15, 0.2) is 5.78 Å². The van der Waals surface area contributed by atoms with Gasteiger partial charge in [0.2, 0.25) is 0 Å². The standard InChI is InChI=1S/C45H56N4O5/c1-11-29-25(6)32-20-34-27(8)31(16-17-38(50)54-19-18-24(5)15-13-14-23(3)4)42(48-34)40-41(45(52)53-10)44(51)39-28(9)35(49-43(39)40)22-37-30(12-2)26(7)33(47-37)21-36(29)46-32/h11,18,20-23,27,31,41,46-49H,1,12-17,19H2,2-10H3/b24-18+,33-21-,34-20-,37-22+,42-40-/t27-,31-,41+/m0/s1. The van der Waals surface area contributed by atoms with Crippen LogP contribution in [0.5, 0.6) is 0 Å². The third-order valence-electron chi connectivity index (χ3n) is 11.8. The number of H-pyrrole nitrogens is 3. The van der Waals surface area contributed by atoms with Crippen LogP contribution in [-0.4, -0.2) is 46.4 Å². The Kier molecular flexibility index (Phi) is 11.3. The maximum atomic E-state index is 14.3. The zero-order chi connectivity index (χ0) is 39.0. The van der Waals surface area contributed by atoms with Crippen LogP contribution in [0.4, 0.5) is 0 Å². The molecule has 0 unspecified atom stereocenters. The van der Waals surface area contributed by atoms with Crippen LogP contribution in [0, 0.1) is 44.4 Å². The van der Waals surface area contributed by atoms with E-state index in [4.69, 9.17) is 9.47 Å². The smallest absolute Gasteiger partial charge is 0.321 e. The number of esters is 2. The van der Waals surface area contributed by atoms with E-state index in [-0.39, 0.29) is 36.6 Å². The molecular formula is C45H56N4O5. The van der Waals surface area contributed by atoms with Gasteiger partial charge in [-0.2, -0.15) is 0 Å². The van der Waals surface area contributed by atoms with Crippen molar-refractivity contribution in [1.82, 2.24) is 20.3 Å². The summed E-state index contributed by atoms with van der Waals surface area (Å²) in [6, 6.07) is 0. The maximum absolute atomic E-state index is 14.3. The summed E-state index contributed by atoms with van der Waals surface area (Å²) < 4.78 is 11.0. The maximum Gasteiger partial charge on any atom is 0.321 e. The quantitative estimate of drug-likeness (QED) is 0.0870. The molecule has 4 N–H and O–H groups in total. The lowest BCUT2D eigenvalue weighted by atomic mass is 9.85. The minimum absolute atomic E-state index is 0.0826. The van der Waals surface area contributed by atoms with Crippen LogP contribution in [-0.2, 0) is 25.5 Å². The van der Waals surface area contributed by atoms with Gasteiger partial charge in [-0.15, -0.1) is 0 Å². The Balaban J connectivity index is 1.47. The first kappa shape index (κ1) is 38.7. The lowest BCUT2D eigenvalue weighted by Gasteiger charge is -2.19. The van der Waals surface area contributed by atoms with Gasteiger partial charge in [0.1, 0.15) is 12.5 Å². The van der Waals surface area contributed by atoms with E-state index < -0.39 is 11.9 Å². The number of hydrogen-bond acceptors (Lipinski definition) is 6. The molecular weight excluding hydrogens is 677 g/mol. The summed E-state index contributed by atoms with van der Waals surface area (Å²) in [7, 11) is 1.32. The number of hydrogen-bond donors (Lipinski definition) is 4. The van der Waals surface area contributed by atoms with Crippen LogP contribution < -0.4 is 16.0 Å². The van der Waals surface area contributed by atoms with E-state index in [0.717, 1.165) is 80.7 Å². The number of allylic oxidation sites excluding steroid dienone is 3. The van der Waals surface area contributed by atoms with Gasteiger partial charge in [-0.25, -0.2) is 0 Å². The normalized spacial score (nSPS) is 22.6. The highest BCUT2D eigenvalue weighted by Crippen LogP contribution is 2.48. The third kappa shape index (κ3) is 7.13. The first-order valence-corrected chi connectivity index (χ1v) is 19.4. The van der Waals surface area contributed by atoms with E-state index >= 15 is 0 Å². The van der Waals surface area contributed by atoms with Gasteiger partial charge < -0.3 is 29.7 Å². The van der Waals surface area contributed by atoms with E-state index in [2.05, 4.69) is 93.5 Å². The Morgan fingerprint density at radius 1 is 0.963 bits per heavy atom. The fourth-order valence-electron chi connectivity index (χ4n) is 8.51. The molecule has 0 saturated carbocycles. The van der Waals surface area contributed by atoms with E-state index in [1.165, 1.54) is 24.7 Å². The van der Waals surface area contributed by atoms with Gasteiger partial charge in [0.05, 0.1) is 12.8 Å². The van der Waals surface area contributed by atoms with Crippen molar-refractivity contribution in [2.75, 3.05) is 13.7 Å². The lowest BCUT2D eigenvalue weighted by Crippen LogP contribution is -2.25. The van der Waals surface area contributed by atoms with Crippen LogP contribution in [0.15, 0.2) is 29.6 Å². The molecule has 0 aromatic carbocycles. The molecule has 2 aliphatic heterocycles. The summed E-state index contributed by atoms with van der Waals surface area (Å²) in [6.45, 7) is 21.3. The number of ether oxygens (including phenoxy) is 2. The monoisotopic (exact) mass is 732 g/mol. The molecule has 3 atom stereocenters. The third-order valence-corrected chi connectivity index (χ3v) is 11.8. The zero-order valence-electron chi connectivity index (χ0n) is 33.4. The first-order valence-electron chi connectivity index (χ1n) is 19.4. The van der Waals surface area contributed by atoms with Gasteiger partial charge >= 0.3 is 11.9 Å². The van der Waals surface area contributed by atoms with E-state index in [1.54, 1.807) is 0 Å². The summed E-state index contributed by atoms with van der Waals surface area (Å²) in [6.07, 6.45) is 14.9. The lowest BCUT2D eigenvalue weighted by molar-refractivity contribution is -0.143. The minimum Gasteiger partial charge on any atom is -0.468 e. The fraction of sp³-hybridized carbons (Fsp3) is 0.444. The van der Waals surface area contributed by atoms with Gasteiger partial charge in [-0.3, -0.25) is 14.4 Å². The van der Waals surface area contributed by atoms with E-state index in [9.17, 15) is 14.4 Å². The van der Waals surface area contributed by atoms with Gasteiger partial charge in [0, 0.05) is 74.1 Å². The SMILES string of the molecule is C=Cc1c2[nH]c(c1C)/C=C1\N/C(=C3\c4[nH]c(c(C)c4C(=O)[C@@H]3C(=O)OC)/C=c3/[nH]/c(c(C)c3CC)=C\2)[C@@H](CCC(=O)OC/C=C(\C)CCCC(C)C)[C@@H]1C. The van der Waals surface area contributed by atoms with Crippen molar-refractivity contribution in [3.05, 3.63) is 96.5 Å². The van der Waals surface area contributed by atoms with E-state index in [0.29, 0.717) is 29.2 Å². The summed E-state index contributed by atoms with van der Waals surface area (Å²) in [4.78, 5) is 51.9. The highest BCUT2D eigenvalue weighted by Gasteiger charge is 2.48. The van der Waals surface area contributed by atoms with Crippen molar-refractivity contribution in [2.24, 2.45) is 23.7 Å². The van der Waals surface area contributed by atoms with Crippen LogP contribution in [0.2, 0.25) is 0 Å². The van der Waals surface area contributed by atoms with Crippen molar-refractivity contribution >= 4 is 47.6 Å². The number of aromatic nitrogens is 3. The predicted molar refractivity (Wildman–Crippen MR) is 216 cm³/mol. The topological polar surface area (TPSA) is 129 Å². The molecule has 0 amide bonds. The molecule has 1 aliphatic carbocycles. The van der Waals surface area contributed by atoms with Gasteiger partial charge in [0.25, 0.3) is 0 Å². The molecule has 3 aromatic rings. The largest absolute Gasteiger partial charge is 0.468 e. The molecule has 1 saturated heterocycles. The second kappa shape index (κ2) is 15.7. The zero-order valence-corrected chi connectivity index (χ0v) is 33.4. The summed E-state index contributed by atoms with van der Waals surface area (Å²) in [5.74, 6) is -1.95. The highest BCUT2D eigenvalue weighted by atomic mass is 16.5. The number of nitrogens with one attached hydrogen (secondary N) is 4. The molecule has 9 heteroatoms. The van der Waals surface area contributed by atoms with Crippen LogP contribution in [0.3, 0.4) is 0 Å². The van der Waals surface area contributed by atoms with Crippen LogP contribution in [0.1, 0.15) is 128 Å². The average molecular weight is 733 g/mol. The molecule has 5 heterocycles. The van der Waals surface area contributed by atoms with Crippen molar-refractivity contribution < 1.29 is 23.9 Å².